The van der Waals surface area contributed by atoms with Crippen LogP contribution < -0.4 is 4.72 Å². The largest absolute Gasteiger partial charge is 0.384 e. The molecule has 0 aliphatic rings. The lowest BCUT2D eigenvalue weighted by Crippen LogP contribution is -2.20. The number of aliphatic hydroxyl groups is 1. The average Bonchev–Trinajstić information content (AvgIpc) is 2.39. The first-order valence-electron chi connectivity index (χ1n) is 5.96. The van der Waals surface area contributed by atoms with E-state index in [1.807, 2.05) is 0 Å². The number of nitrogens with one attached hydrogen (secondary N) is 1. The van der Waals surface area contributed by atoms with Gasteiger partial charge in [-0.15, -0.1) is 0 Å². The fourth-order valence-electron chi connectivity index (χ4n) is 1.36. The van der Waals surface area contributed by atoms with Gasteiger partial charge < -0.3 is 9.84 Å². The Labute approximate surface area is 117 Å². The van der Waals surface area contributed by atoms with Crippen LogP contribution in [0.25, 0.3) is 0 Å². The Balaban J connectivity index is 2.82. The fourth-order valence-corrected chi connectivity index (χ4v) is 2.29. The maximum absolute atomic E-state index is 13.4. The lowest BCUT2D eigenvalue weighted by Gasteiger charge is -2.08. The van der Waals surface area contributed by atoms with Crippen molar-refractivity contribution in [1.82, 2.24) is 0 Å². The van der Waals surface area contributed by atoms with Gasteiger partial charge in [-0.25, -0.2) is 12.8 Å². The van der Waals surface area contributed by atoms with Crippen LogP contribution >= 0.6 is 0 Å². The highest BCUT2D eigenvalue weighted by Crippen LogP contribution is 2.15. The Hall–Kier alpha value is -1.62. The van der Waals surface area contributed by atoms with E-state index < -0.39 is 22.4 Å². The van der Waals surface area contributed by atoms with Gasteiger partial charge in [0, 0.05) is 12.3 Å². The molecule has 0 saturated carbocycles. The molecule has 0 unspecified atom stereocenters. The topological polar surface area (TPSA) is 75.6 Å². The molecule has 0 heterocycles. The van der Waals surface area contributed by atoms with Crippen molar-refractivity contribution in [2.24, 2.45) is 0 Å². The minimum Gasteiger partial charge on any atom is -0.384 e. The molecule has 0 fully saturated rings. The Morgan fingerprint density at radius 2 is 2.20 bits per heavy atom. The van der Waals surface area contributed by atoms with Crippen molar-refractivity contribution < 1.29 is 22.7 Å². The summed E-state index contributed by atoms with van der Waals surface area (Å²) in [6.07, 6.45) is 0. The number of anilines is 1. The molecule has 0 aliphatic heterocycles. The van der Waals surface area contributed by atoms with Crippen LogP contribution in [0.5, 0.6) is 0 Å². The van der Waals surface area contributed by atoms with E-state index in [9.17, 15) is 12.8 Å². The SMILES string of the molecule is CCOCCS(=O)(=O)Nc1ccc(F)c(C#CCO)c1. The molecule has 110 valence electrons. The molecule has 0 aromatic heterocycles. The monoisotopic (exact) mass is 301 g/mol. The van der Waals surface area contributed by atoms with Crippen molar-refractivity contribution in [3.05, 3.63) is 29.6 Å². The Morgan fingerprint density at radius 3 is 2.85 bits per heavy atom. The van der Waals surface area contributed by atoms with Crippen LogP contribution in [0.3, 0.4) is 0 Å². The lowest BCUT2D eigenvalue weighted by atomic mass is 10.2. The quantitative estimate of drug-likeness (QED) is 0.606. The maximum Gasteiger partial charge on any atom is 0.235 e. The summed E-state index contributed by atoms with van der Waals surface area (Å²) in [7, 11) is -3.55. The highest BCUT2D eigenvalue weighted by molar-refractivity contribution is 7.92. The molecule has 1 rings (SSSR count). The van der Waals surface area contributed by atoms with E-state index in [0.717, 1.165) is 6.07 Å². The second-order valence-corrected chi connectivity index (χ2v) is 5.61. The zero-order chi connectivity index (χ0) is 15.0. The van der Waals surface area contributed by atoms with Crippen molar-refractivity contribution in [3.8, 4) is 11.8 Å². The zero-order valence-electron chi connectivity index (χ0n) is 11.0. The predicted molar refractivity (Wildman–Crippen MR) is 74.3 cm³/mol. The number of hydrogen-bond acceptors (Lipinski definition) is 4. The van der Waals surface area contributed by atoms with Crippen LogP contribution in [0.2, 0.25) is 0 Å². The highest BCUT2D eigenvalue weighted by atomic mass is 32.2. The number of hydrogen-bond donors (Lipinski definition) is 2. The number of aliphatic hydroxyl groups excluding tert-OH is 1. The minimum atomic E-state index is -3.55. The Bertz CT molecular complexity index is 605. The molecule has 0 amide bonds. The number of benzene rings is 1. The van der Waals surface area contributed by atoms with E-state index in [4.69, 9.17) is 9.84 Å². The van der Waals surface area contributed by atoms with E-state index in [-0.39, 0.29) is 23.6 Å². The Morgan fingerprint density at radius 1 is 1.45 bits per heavy atom. The summed E-state index contributed by atoms with van der Waals surface area (Å²) in [5.41, 5.74) is 0.231. The molecular weight excluding hydrogens is 285 g/mol. The molecule has 0 radical (unpaired) electrons. The molecule has 2 N–H and O–H groups in total. The van der Waals surface area contributed by atoms with Gasteiger partial charge in [0.05, 0.1) is 17.9 Å². The van der Waals surface area contributed by atoms with Gasteiger partial charge >= 0.3 is 0 Å². The van der Waals surface area contributed by atoms with Gasteiger partial charge in [-0.3, -0.25) is 4.72 Å². The summed E-state index contributed by atoms with van der Waals surface area (Å²) in [5, 5.41) is 8.57. The molecule has 5 nitrogen and oxygen atoms in total. The third kappa shape index (κ3) is 5.57. The summed E-state index contributed by atoms with van der Waals surface area (Å²) in [6, 6.07) is 3.69. The first-order valence-corrected chi connectivity index (χ1v) is 7.61. The summed E-state index contributed by atoms with van der Waals surface area (Å²) < 4.78 is 44.1. The third-order valence-electron chi connectivity index (χ3n) is 2.24. The molecule has 0 bridgehead atoms. The second-order valence-electron chi connectivity index (χ2n) is 3.77. The summed E-state index contributed by atoms with van der Waals surface area (Å²) in [4.78, 5) is 0. The van der Waals surface area contributed by atoms with E-state index in [1.54, 1.807) is 6.92 Å². The molecule has 20 heavy (non-hydrogen) atoms. The minimum absolute atomic E-state index is 0.0176. The van der Waals surface area contributed by atoms with Crippen LogP contribution in [0.4, 0.5) is 10.1 Å². The van der Waals surface area contributed by atoms with Crippen molar-refractivity contribution in [2.75, 3.05) is 30.3 Å². The van der Waals surface area contributed by atoms with Gasteiger partial charge in [-0.2, -0.15) is 0 Å². The van der Waals surface area contributed by atoms with Gasteiger partial charge in [-0.1, -0.05) is 11.8 Å². The molecule has 0 saturated heterocycles. The lowest BCUT2D eigenvalue weighted by molar-refractivity contribution is 0.163. The van der Waals surface area contributed by atoms with E-state index in [2.05, 4.69) is 16.6 Å². The van der Waals surface area contributed by atoms with Gasteiger partial charge in [0.1, 0.15) is 12.4 Å². The van der Waals surface area contributed by atoms with Crippen LogP contribution in [0, 0.1) is 17.7 Å². The van der Waals surface area contributed by atoms with Crippen molar-refractivity contribution in [3.63, 3.8) is 0 Å². The second kappa shape index (κ2) is 7.85. The summed E-state index contributed by atoms with van der Waals surface area (Å²) >= 11 is 0. The van der Waals surface area contributed by atoms with Gasteiger partial charge in [0.25, 0.3) is 0 Å². The van der Waals surface area contributed by atoms with Gasteiger partial charge in [0.2, 0.25) is 10.0 Å². The molecule has 0 aliphatic carbocycles. The van der Waals surface area contributed by atoms with Crippen LogP contribution in [0.1, 0.15) is 12.5 Å². The number of rotatable bonds is 6. The van der Waals surface area contributed by atoms with Crippen molar-refractivity contribution in [1.29, 1.82) is 0 Å². The van der Waals surface area contributed by atoms with Crippen molar-refractivity contribution >= 4 is 15.7 Å². The normalized spacial score (nSPS) is 10.8. The molecule has 0 spiro atoms. The zero-order valence-corrected chi connectivity index (χ0v) is 11.8. The Kier molecular flexibility index (Phi) is 6.45. The van der Waals surface area contributed by atoms with Gasteiger partial charge in [-0.05, 0) is 25.1 Å². The molecular formula is C13H16FNO4S. The van der Waals surface area contributed by atoms with E-state index in [0.29, 0.717) is 6.61 Å². The van der Waals surface area contributed by atoms with Crippen molar-refractivity contribution in [2.45, 2.75) is 6.92 Å². The van der Waals surface area contributed by atoms with E-state index >= 15 is 0 Å². The predicted octanol–water partition coefficient (Wildman–Crippen LogP) is 0.948. The standard InChI is InChI=1S/C13H16FNO4S/c1-2-19-8-9-20(17,18)15-12-5-6-13(14)11(10-12)4-3-7-16/h5-6,10,15-16H,2,7-9H2,1H3. The van der Waals surface area contributed by atoms with Crippen LogP contribution in [-0.2, 0) is 14.8 Å². The number of halogens is 1. The highest BCUT2D eigenvalue weighted by Gasteiger charge is 2.11. The summed E-state index contributed by atoms with van der Waals surface area (Å²) in [6.45, 7) is 1.90. The smallest absolute Gasteiger partial charge is 0.235 e. The molecule has 0 atom stereocenters. The fraction of sp³-hybridized carbons (Fsp3) is 0.385. The molecule has 1 aromatic carbocycles. The average molecular weight is 301 g/mol. The number of ether oxygens (including phenoxy) is 1. The van der Waals surface area contributed by atoms with Crippen LogP contribution in [-0.4, -0.2) is 39.1 Å². The van der Waals surface area contributed by atoms with Gasteiger partial charge in [0.15, 0.2) is 0 Å². The van der Waals surface area contributed by atoms with Crippen LogP contribution in [0.15, 0.2) is 18.2 Å². The van der Waals surface area contributed by atoms with E-state index in [1.165, 1.54) is 12.1 Å². The summed E-state index contributed by atoms with van der Waals surface area (Å²) in [5.74, 6) is 3.95. The number of sulfonamides is 1. The first kappa shape index (κ1) is 16.4. The first-order chi connectivity index (χ1) is 9.48. The maximum atomic E-state index is 13.4. The molecule has 7 heteroatoms. The third-order valence-corrected chi connectivity index (χ3v) is 3.49. The molecule has 1 aromatic rings.